The lowest BCUT2D eigenvalue weighted by atomic mass is 10.1. The number of carbonyl (C=O) groups is 2. The van der Waals surface area contributed by atoms with Crippen LogP contribution in [0, 0.1) is 5.92 Å². The van der Waals surface area contributed by atoms with Crippen molar-refractivity contribution in [2.45, 2.75) is 43.5 Å². The lowest BCUT2D eigenvalue weighted by Crippen LogP contribution is -2.36. The molecule has 8 heteroatoms. The van der Waals surface area contributed by atoms with Crippen LogP contribution in [0.3, 0.4) is 0 Å². The zero-order chi connectivity index (χ0) is 22.2. The minimum Gasteiger partial charge on any atom is -0.497 e. The molecule has 31 heavy (non-hydrogen) atoms. The normalized spacial score (nSPS) is 17.9. The maximum atomic E-state index is 12.8. The number of ether oxygens (including phenoxy) is 1. The summed E-state index contributed by atoms with van der Waals surface area (Å²) in [6.45, 7) is 1.98. The van der Waals surface area contributed by atoms with Crippen molar-refractivity contribution in [1.82, 2.24) is 0 Å². The third kappa shape index (κ3) is 4.58. The van der Waals surface area contributed by atoms with Crippen LogP contribution in [0.15, 0.2) is 47.4 Å². The monoisotopic (exact) mass is 442 g/mol. The number of nitrogens with zero attached hydrogens (tertiary/aromatic N) is 1. The molecule has 1 saturated carbocycles. The van der Waals surface area contributed by atoms with Crippen LogP contribution in [0.25, 0.3) is 0 Å². The molecule has 4 rings (SSSR count). The van der Waals surface area contributed by atoms with Crippen molar-refractivity contribution >= 4 is 33.0 Å². The second-order valence-electron chi connectivity index (χ2n) is 8.17. The molecule has 0 bridgehead atoms. The molecule has 0 saturated heterocycles. The number of nitrogens with one attached hydrogen (secondary N) is 1. The Hall–Kier alpha value is -2.87. The number of fused-ring (bicyclic) bond motifs is 1. The van der Waals surface area contributed by atoms with Gasteiger partial charge in [-0.2, -0.15) is 0 Å². The van der Waals surface area contributed by atoms with Gasteiger partial charge in [-0.15, -0.1) is 0 Å². The molecule has 1 unspecified atom stereocenters. The highest BCUT2D eigenvalue weighted by molar-refractivity contribution is 7.91. The SMILES string of the molecule is COc1ccc(NC(=O)CCS(=O)(=O)c2ccc3c(c2)CC(C)N3C(=O)C2CC2)cc1. The number of hydrogen-bond acceptors (Lipinski definition) is 5. The lowest BCUT2D eigenvalue weighted by molar-refractivity contribution is -0.120. The Morgan fingerprint density at radius 3 is 2.48 bits per heavy atom. The lowest BCUT2D eigenvalue weighted by Gasteiger charge is -2.22. The van der Waals surface area contributed by atoms with Crippen LogP contribution in [-0.2, 0) is 25.8 Å². The van der Waals surface area contributed by atoms with E-state index in [0.717, 1.165) is 24.1 Å². The first kappa shape index (κ1) is 21.4. The summed E-state index contributed by atoms with van der Waals surface area (Å²) in [5.41, 5.74) is 2.25. The van der Waals surface area contributed by atoms with Gasteiger partial charge in [0.05, 0.1) is 17.8 Å². The molecule has 0 radical (unpaired) electrons. The second-order valence-corrected chi connectivity index (χ2v) is 10.3. The van der Waals surface area contributed by atoms with E-state index >= 15 is 0 Å². The zero-order valence-electron chi connectivity index (χ0n) is 17.6. The van der Waals surface area contributed by atoms with Crippen molar-refractivity contribution < 1.29 is 22.7 Å². The number of benzene rings is 2. The second kappa shape index (κ2) is 8.34. The van der Waals surface area contributed by atoms with E-state index in [1.807, 2.05) is 11.8 Å². The largest absolute Gasteiger partial charge is 0.497 e. The van der Waals surface area contributed by atoms with Gasteiger partial charge in [0.2, 0.25) is 11.8 Å². The molecule has 0 spiro atoms. The molecule has 0 aromatic heterocycles. The first-order valence-corrected chi connectivity index (χ1v) is 12.1. The van der Waals surface area contributed by atoms with Crippen LogP contribution in [-0.4, -0.2) is 39.1 Å². The number of amides is 2. The van der Waals surface area contributed by atoms with Crippen LogP contribution in [0.1, 0.15) is 31.7 Å². The fraction of sp³-hybridized carbons (Fsp3) is 0.391. The van der Waals surface area contributed by atoms with E-state index in [0.29, 0.717) is 17.9 Å². The molecule has 7 nitrogen and oxygen atoms in total. The van der Waals surface area contributed by atoms with E-state index in [-0.39, 0.29) is 40.8 Å². The Kier molecular flexibility index (Phi) is 5.75. The van der Waals surface area contributed by atoms with Gasteiger partial charge in [-0.3, -0.25) is 9.59 Å². The van der Waals surface area contributed by atoms with Crippen LogP contribution in [0.4, 0.5) is 11.4 Å². The summed E-state index contributed by atoms with van der Waals surface area (Å²) in [4.78, 5) is 26.8. The Morgan fingerprint density at radius 2 is 1.84 bits per heavy atom. The quantitative estimate of drug-likeness (QED) is 0.711. The predicted octanol–water partition coefficient (Wildman–Crippen LogP) is 3.19. The third-order valence-electron chi connectivity index (χ3n) is 5.76. The summed E-state index contributed by atoms with van der Waals surface area (Å²) in [7, 11) is -2.07. The molecular weight excluding hydrogens is 416 g/mol. The molecule has 164 valence electrons. The standard InChI is InChI=1S/C23H26N2O5S/c1-15-13-17-14-20(9-10-21(17)25(15)23(27)16-3-4-16)31(28,29)12-11-22(26)24-18-5-7-19(30-2)8-6-18/h5-10,14-16H,3-4,11-13H2,1-2H3,(H,24,26). The molecule has 2 aliphatic rings. The number of anilines is 2. The number of sulfone groups is 1. The fourth-order valence-corrected chi connectivity index (χ4v) is 5.19. The van der Waals surface area contributed by atoms with Gasteiger partial charge in [-0.25, -0.2) is 8.42 Å². The van der Waals surface area contributed by atoms with Gasteiger partial charge in [0, 0.05) is 29.8 Å². The van der Waals surface area contributed by atoms with Crippen molar-refractivity contribution in [3.8, 4) is 5.75 Å². The van der Waals surface area contributed by atoms with E-state index in [1.54, 1.807) is 49.6 Å². The summed E-state index contributed by atoms with van der Waals surface area (Å²) in [6.07, 6.45) is 2.36. The summed E-state index contributed by atoms with van der Waals surface area (Å²) in [6, 6.07) is 11.8. The van der Waals surface area contributed by atoms with Gasteiger partial charge >= 0.3 is 0 Å². The fourth-order valence-electron chi connectivity index (χ4n) is 3.91. The summed E-state index contributed by atoms with van der Waals surface area (Å²) in [5, 5.41) is 2.70. The molecule has 1 fully saturated rings. The third-order valence-corrected chi connectivity index (χ3v) is 7.48. The summed E-state index contributed by atoms with van der Waals surface area (Å²) < 4.78 is 30.7. The van der Waals surface area contributed by atoms with Crippen molar-refractivity contribution in [2.75, 3.05) is 23.1 Å². The molecule has 2 aromatic carbocycles. The smallest absolute Gasteiger partial charge is 0.230 e. The molecule has 2 aromatic rings. The highest BCUT2D eigenvalue weighted by Gasteiger charge is 2.39. The average molecular weight is 443 g/mol. The van der Waals surface area contributed by atoms with E-state index in [9.17, 15) is 18.0 Å². The Labute approximate surface area is 182 Å². The summed E-state index contributed by atoms with van der Waals surface area (Å²) >= 11 is 0. The van der Waals surface area contributed by atoms with Crippen LogP contribution in [0.5, 0.6) is 5.75 Å². The average Bonchev–Trinajstić information content (AvgIpc) is 3.54. The molecule has 1 aliphatic carbocycles. The van der Waals surface area contributed by atoms with Crippen LogP contribution < -0.4 is 15.0 Å². The highest BCUT2D eigenvalue weighted by atomic mass is 32.2. The van der Waals surface area contributed by atoms with E-state index < -0.39 is 9.84 Å². The van der Waals surface area contributed by atoms with E-state index in [2.05, 4.69) is 5.32 Å². The number of rotatable bonds is 7. The number of methoxy groups -OCH3 is 1. The van der Waals surface area contributed by atoms with Gasteiger partial charge in [0.25, 0.3) is 0 Å². The minimum atomic E-state index is -3.62. The zero-order valence-corrected chi connectivity index (χ0v) is 18.4. The maximum Gasteiger partial charge on any atom is 0.230 e. The van der Waals surface area contributed by atoms with Gasteiger partial charge in [-0.05, 0) is 74.2 Å². The Bertz CT molecular complexity index is 1110. The molecule has 1 heterocycles. The van der Waals surface area contributed by atoms with E-state index in [1.165, 1.54) is 0 Å². The maximum absolute atomic E-state index is 12.8. The first-order chi connectivity index (χ1) is 14.8. The van der Waals surface area contributed by atoms with Crippen LogP contribution >= 0.6 is 0 Å². The van der Waals surface area contributed by atoms with Gasteiger partial charge < -0.3 is 15.0 Å². The predicted molar refractivity (Wildman–Crippen MR) is 118 cm³/mol. The summed E-state index contributed by atoms with van der Waals surface area (Å²) in [5.74, 6) is 0.264. The van der Waals surface area contributed by atoms with Crippen molar-refractivity contribution in [3.63, 3.8) is 0 Å². The van der Waals surface area contributed by atoms with E-state index in [4.69, 9.17) is 4.74 Å². The van der Waals surface area contributed by atoms with Crippen molar-refractivity contribution in [1.29, 1.82) is 0 Å². The van der Waals surface area contributed by atoms with Crippen LogP contribution in [0.2, 0.25) is 0 Å². The molecule has 2 amide bonds. The van der Waals surface area contributed by atoms with Crippen molar-refractivity contribution in [3.05, 3.63) is 48.0 Å². The Balaban J connectivity index is 1.41. The first-order valence-electron chi connectivity index (χ1n) is 10.4. The molecular formula is C23H26N2O5S. The molecule has 1 N–H and O–H groups in total. The number of carbonyl (C=O) groups excluding carboxylic acids is 2. The number of hydrogen-bond donors (Lipinski definition) is 1. The topological polar surface area (TPSA) is 92.8 Å². The highest BCUT2D eigenvalue weighted by Crippen LogP contribution is 2.39. The molecule has 1 atom stereocenters. The minimum absolute atomic E-state index is 0.0244. The van der Waals surface area contributed by atoms with Gasteiger partial charge in [-0.1, -0.05) is 0 Å². The van der Waals surface area contributed by atoms with Gasteiger partial charge in [0.1, 0.15) is 5.75 Å². The Morgan fingerprint density at radius 1 is 1.13 bits per heavy atom. The molecule has 1 aliphatic heterocycles. The van der Waals surface area contributed by atoms with Crippen molar-refractivity contribution in [2.24, 2.45) is 5.92 Å². The van der Waals surface area contributed by atoms with Gasteiger partial charge in [0.15, 0.2) is 9.84 Å².